The fourth-order valence-corrected chi connectivity index (χ4v) is 7.92. The zero-order chi connectivity index (χ0) is 36.2. The summed E-state index contributed by atoms with van der Waals surface area (Å²) in [5, 5.41) is 36.6. The van der Waals surface area contributed by atoms with Crippen molar-refractivity contribution in [3.63, 3.8) is 0 Å². The van der Waals surface area contributed by atoms with Gasteiger partial charge in [-0.1, -0.05) is 53.5 Å². The van der Waals surface area contributed by atoms with Gasteiger partial charge in [0.15, 0.2) is 0 Å². The van der Waals surface area contributed by atoms with Gasteiger partial charge in [-0.25, -0.2) is 18.4 Å². The van der Waals surface area contributed by atoms with Crippen molar-refractivity contribution in [2.75, 3.05) is 38.2 Å². The van der Waals surface area contributed by atoms with E-state index in [4.69, 9.17) is 23.2 Å². The number of hydrogen-bond acceptors (Lipinski definition) is 9. The second kappa shape index (κ2) is 15.6. The van der Waals surface area contributed by atoms with Gasteiger partial charge in [0.2, 0.25) is 10.0 Å². The lowest BCUT2D eigenvalue weighted by molar-refractivity contribution is 0.0375. The monoisotopic (exact) mass is 749 g/mol. The molecule has 14 heteroatoms. The maximum absolute atomic E-state index is 13.5. The minimum absolute atomic E-state index is 0.0356. The van der Waals surface area contributed by atoms with Crippen molar-refractivity contribution >= 4 is 55.9 Å². The summed E-state index contributed by atoms with van der Waals surface area (Å²) in [6, 6.07) is 27.0. The lowest BCUT2D eigenvalue weighted by Crippen LogP contribution is -2.57. The number of fused-ring (bicyclic) bond motifs is 1. The molecule has 0 spiro atoms. The normalized spacial score (nSPS) is 14.5. The number of aliphatic hydroxyl groups excluding tert-OH is 3. The number of rotatable bonds is 12. The van der Waals surface area contributed by atoms with Crippen LogP contribution in [-0.2, 0) is 10.0 Å². The molecule has 5 aromatic rings. The minimum atomic E-state index is -3.85. The quantitative estimate of drug-likeness (QED) is 0.112. The topological polar surface area (TPSA) is 165 Å². The second-order valence-corrected chi connectivity index (χ2v) is 15.4. The first-order valence-electron chi connectivity index (χ1n) is 16.3. The van der Waals surface area contributed by atoms with Crippen molar-refractivity contribution in [2.45, 2.75) is 35.2 Å². The molecule has 0 atom stereocenters. The summed E-state index contributed by atoms with van der Waals surface area (Å²) >= 11 is 12.4. The molecule has 0 unspecified atom stereocenters. The number of aliphatic hydroxyl groups is 3. The van der Waals surface area contributed by atoms with E-state index in [-0.39, 0.29) is 35.5 Å². The summed E-state index contributed by atoms with van der Waals surface area (Å²) in [5.41, 5.74) is 2.44. The molecule has 1 aliphatic rings. The van der Waals surface area contributed by atoms with E-state index >= 15 is 0 Å². The number of amides is 1. The molecule has 0 aliphatic carbocycles. The number of benzene rings is 4. The highest BCUT2D eigenvalue weighted by atomic mass is 35.5. The van der Waals surface area contributed by atoms with Crippen molar-refractivity contribution < 1.29 is 28.5 Å². The molecule has 2 heterocycles. The van der Waals surface area contributed by atoms with E-state index < -0.39 is 41.3 Å². The van der Waals surface area contributed by atoms with Gasteiger partial charge in [0.05, 0.1) is 30.2 Å². The van der Waals surface area contributed by atoms with Gasteiger partial charge in [0.25, 0.3) is 5.91 Å². The van der Waals surface area contributed by atoms with Crippen molar-refractivity contribution in [1.82, 2.24) is 19.6 Å². The van der Waals surface area contributed by atoms with Crippen LogP contribution in [0.2, 0.25) is 10.0 Å². The molecule has 266 valence electrons. The van der Waals surface area contributed by atoms with Gasteiger partial charge in [-0.2, -0.15) is 4.31 Å². The number of carbonyl (C=O) groups is 1. The maximum atomic E-state index is 13.5. The summed E-state index contributed by atoms with van der Waals surface area (Å²) in [6.07, 6.45) is 2.59. The minimum Gasteiger partial charge on any atom is -0.394 e. The largest absolute Gasteiger partial charge is 0.394 e. The van der Waals surface area contributed by atoms with Crippen LogP contribution in [0.25, 0.3) is 10.9 Å². The lowest BCUT2D eigenvalue weighted by atomic mass is 9.84. The Kier molecular flexibility index (Phi) is 11.2. The molecule has 5 N–H and O–H groups in total. The van der Waals surface area contributed by atoms with E-state index in [0.29, 0.717) is 28.7 Å². The fraction of sp³-hybridized carbons (Fsp3) is 0.270. The van der Waals surface area contributed by atoms with E-state index in [0.717, 1.165) is 27.6 Å². The maximum Gasteiger partial charge on any atom is 0.251 e. The Hall–Kier alpha value is -4.14. The van der Waals surface area contributed by atoms with Crippen LogP contribution in [0.1, 0.15) is 45.8 Å². The number of halogens is 2. The van der Waals surface area contributed by atoms with Gasteiger partial charge in [-0.3, -0.25) is 4.79 Å². The molecule has 1 aliphatic heterocycles. The molecule has 51 heavy (non-hydrogen) atoms. The highest BCUT2D eigenvalue weighted by Crippen LogP contribution is 2.36. The Morgan fingerprint density at radius 1 is 0.804 bits per heavy atom. The van der Waals surface area contributed by atoms with Gasteiger partial charge in [-0.05, 0) is 90.2 Å². The SMILES string of the molecule is O=C(NC(CO)(CO)CO)c1ccc(S(=O)(=O)N2CCC(Nc3ncnc4ccc(C(c5ccc(Cl)cc5)c5ccc(Cl)cc5)cc34)CC2)cc1. The molecule has 0 radical (unpaired) electrons. The molecule has 1 aromatic heterocycles. The molecule has 1 amide bonds. The van der Waals surface area contributed by atoms with Crippen LogP contribution in [0.4, 0.5) is 5.82 Å². The standard InChI is InChI=1S/C37H37Cl2N5O6S/c38-28-8-1-24(2-9-28)34(25-3-10-29(39)11-4-25)27-7-14-33-32(19-27)35(41-23-40-33)42-30-15-17-44(18-16-30)51(49,50)31-12-5-26(6-13-31)36(48)43-37(20-45,21-46)22-47/h1-14,19,23,30,34,45-47H,15-18,20-22H2,(H,43,48)(H,40,41,42). The van der Waals surface area contributed by atoms with E-state index in [9.17, 15) is 28.5 Å². The average molecular weight is 751 g/mol. The average Bonchev–Trinajstić information content (AvgIpc) is 3.16. The van der Waals surface area contributed by atoms with Gasteiger partial charge in [0, 0.05) is 46.0 Å². The number of aromatic nitrogens is 2. The number of nitrogens with one attached hydrogen (secondary N) is 2. The molecule has 0 saturated carbocycles. The van der Waals surface area contributed by atoms with Crippen molar-refractivity contribution in [3.05, 3.63) is 130 Å². The molecule has 1 saturated heterocycles. The predicted octanol–water partition coefficient (Wildman–Crippen LogP) is 4.83. The summed E-state index contributed by atoms with van der Waals surface area (Å²) in [7, 11) is -3.85. The third kappa shape index (κ3) is 8.02. The molecule has 1 fully saturated rings. The van der Waals surface area contributed by atoms with E-state index in [2.05, 4.69) is 32.7 Å². The number of sulfonamides is 1. The smallest absolute Gasteiger partial charge is 0.251 e. The van der Waals surface area contributed by atoms with Crippen LogP contribution in [0.5, 0.6) is 0 Å². The van der Waals surface area contributed by atoms with Crippen LogP contribution in [-0.4, -0.2) is 88.4 Å². The number of carbonyl (C=O) groups excluding carboxylic acids is 1. The first kappa shape index (κ1) is 36.6. The first-order chi connectivity index (χ1) is 24.6. The Balaban J connectivity index is 1.17. The summed E-state index contributed by atoms with van der Waals surface area (Å²) in [4.78, 5) is 21.8. The molecular formula is C37H37Cl2N5O6S. The lowest BCUT2D eigenvalue weighted by Gasteiger charge is -2.32. The van der Waals surface area contributed by atoms with Crippen LogP contribution >= 0.6 is 23.2 Å². The predicted molar refractivity (Wildman–Crippen MR) is 197 cm³/mol. The van der Waals surface area contributed by atoms with Crippen molar-refractivity contribution in [1.29, 1.82) is 0 Å². The van der Waals surface area contributed by atoms with Crippen LogP contribution in [0.15, 0.2) is 102 Å². The van der Waals surface area contributed by atoms with Gasteiger partial charge < -0.3 is 26.0 Å². The van der Waals surface area contributed by atoms with Crippen molar-refractivity contribution in [2.24, 2.45) is 0 Å². The van der Waals surface area contributed by atoms with Gasteiger partial charge in [-0.15, -0.1) is 0 Å². The summed E-state index contributed by atoms with van der Waals surface area (Å²) in [5.74, 6) is -0.113. The van der Waals surface area contributed by atoms with Crippen LogP contribution in [0.3, 0.4) is 0 Å². The summed E-state index contributed by atoms with van der Waals surface area (Å²) in [6.45, 7) is -1.47. The Morgan fingerprint density at radius 2 is 1.35 bits per heavy atom. The van der Waals surface area contributed by atoms with Crippen molar-refractivity contribution in [3.8, 4) is 0 Å². The van der Waals surface area contributed by atoms with Crippen LogP contribution in [0, 0.1) is 0 Å². The molecular weight excluding hydrogens is 713 g/mol. The number of nitrogens with zero attached hydrogens (tertiary/aromatic N) is 3. The third-order valence-electron chi connectivity index (χ3n) is 9.24. The zero-order valence-electron chi connectivity index (χ0n) is 27.4. The third-order valence-corrected chi connectivity index (χ3v) is 11.7. The Labute approximate surface area is 306 Å². The molecule has 6 rings (SSSR count). The summed E-state index contributed by atoms with van der Waals surface area (Å²) < 4.78 is 28.5. The Bertz CT molecular complexity index is 2040. The number of piperidine rings is 1. The van der Waals surface area contributed by atoms with E-state index in [1.54, 1.807) is 0 Å². The number of anilines is 1. The Morgan fingerprint density at radius 3 is 1.90 bits per heavy atom. The van der Waals surface area contributed by atoms with E-state index in [1.807, 2.05) is 54.6 Å². The van der Waals surface area contributed by atoms with Crippen LogP contribution < -0.4 is 10.6 Å². The first-order valence-corrected chi connectivity index (χ1v) is 18.5. The van der Waals surface area contributed by atoms with Gasteiger partial charge in [0.1, 0.15) is 17.7 Å². The molecule has 11 nitrogen and oxygen atoms in total. The zero-order valence-corrected chi connectivity index (χ0v) is 29.7. The second-order valence-electron chi connectivity index (χ2n) is 12.6. The fourth-order valence-electron chi connectivity index (χ4n) is 6.20. The molecule has 0 bridgehead atoms. The van der Waals surface area contributed by atoms with E-state index in [1.165, 1.54) is 34.9 Å². The highest BCUT2D eigenvalue weighted by molar-refractivity contribution is 7.89. The molecule has 4 aromatic carbocycles. The number of hydrogen-bond donors (Lipinski definition) is 5. The van der Waals surface area contributed by atoms with Gasteiger partial charge >= 0.3 is 0 Å². The highest BCUT2D eigenvalue weighted by Gasteiger charge is 2.32.